The molecule has 1 saturated heterocycles. The molecule has 1 fully saturated rings. The van der Waals surface area contributed by atoms with Gasteiger partial charge in [0.15, 0.2) is 0 Å². The van der Waals surface area contributed by atoms with Gasteiger partial charge in [0.05, 0.1) is 0 Å². The van der Waals surface area contributed by atoms with E-state index in [0.29, 0.717) is 0 Å². The first-order valence-corrected chi connectivity index (χ1v) is 6.24. The third-order valence-electron chi connectivity index (χ3n) is 3.43. The van der Waals surface area contributed by atoms with E-state index in [1.165, 1.54) is 5.69 Å². The first-order valence-electron chi connectivity index (χ1n) is 6.24. The van der Waals surface area contributed by atoms with Gasteiger partial charge in [0.2, 0.25) is 0 Å². The zero-order valence-electron chi connectivity index (χ0n) is 10.5. The second kappa shape index (κ2) is 5.23. The Morgan fingerprint density at radius 3 is 2.59 bits per heavy atom. The molecule has 0 aliphatic carbocycles. The van der Waals surface area contributed by atoms with E-state index >= 15 is 0 Å². The van der Waals surface area contributed by atoms with Crippen LogP contribution < -0.4 is 10.6 Å². The molecule has 1 aliphatic heterocycles. The molecule has 2 N–H and O–H groups in total. The van der Waals surface area contributed by atoms with Crippen molar-refractivity contribution in [3.8, 4) is 0 Å². The summed E-state index contributed by atoms with van der Waals surface area (Å²) in [6.07, 6.45) is 1.89. The molecule has 3 nitrogen and oxygen atoms in total. The lowest BCUT2D eigenvalue weighted by Crippen LogP contribution is -2.46. The molecule has 2 rings (SSSR count). The molecule has 0 bridgehead atoms. The number of anilines is 2. The first kappa shape index (κ1) is 12.0. The maximum absolute atomic E-state index is 5.80. The Morgan fingerprint density at radius 1 is 1.29 bits per heavy atom. The average Bonchev–Trinajstić information content (AvgIpc) is 2.39. The fourth-order valence-corrected chi connectivity index (χ4v) is 2.33. The Kier molecular flexibility index (Phi) is 3.69. The van der Waals surface area contributed by atoms with Gasteiger partial charge in [0, 0.05) is 37.6 Å². The lowest BCUT2D eigenvalue weighted by molar-refractivity contribution is 0.271. The molecule has 1 aliphatic rings. The van der Waals surface area contributed by atoms with Crippen molar-refractivity contribution in [1.82, 2.24) is 4.90 Å². The number of likely N-dealkylation sites (N-methyl/N-ethyl adjacent to an activating group) is 1. The van der Waals surface area contributed by atoms with Gasteiger partial charge in [0.1, 0.15) is 0 Å². The Hall–Kier alpha value is -1.48. The van der Waals surface area contributed by atoms with Crippen LogP contribution >= 0.6 is 0 Å². The van der Waals surface area contributed by atoms with Crippen molar-refractivity contribution in [3.05, 3.63) is 30.3 Å². The highest BCUT2D eigenvalue weighted by atomic mass is 15.3. The smallest absolute Gasteiger partial charge is 0.0442 e. The average molecular weight is 231 g/mol. The molecule has 1 heterocycles. The normalized spacial score (nSPS) is 17.1. The predicted octanol–water partition coefficient (Wildman–Crippen LogP) is 2.05. The molecule has 0 spiro atoms. The number of nitrogens with two attached hydrogens (primary N) is 1. The second-order valence-corrected chi connectivity index (χ2v) is 4.44. The van der Waals surface area contributed by atoms with E-state index in [0.717, 1.165) is 44.0 Å². The molecule has 3 heteroatoms. The molecule has 0 radical (unpaired) electrons. The molecule has 0 unspecified atom stereocenters. The van der Waals surface area contributed by atoms with Crippen molar-refractivity contribution >= 4 is 17.5 Å². The Morgan fingerprint density at radius 2 is 2.00 bits per heavy atom. The molecular weight excluding hydrogens is 210 g/mol. The monoisotopic (exact) mass is 231 g/mol. The van der Waals surface area contributed by atoms with E-state index in [-0.39, 0.29) is 0 Å². The van der Waals surface area contributed by atoms with Gasteiger partial charge in [-0.05, 0) is 30.3 Å². The van der Waals surface area contributed by atoms with Gasteiger partial charge in [0.25, 0.3) is 0 Å². The van der Waals surface area contributed by atoms with Crippen LogP contribution in [0.3, 0.4) is 0 Å². The van der Waals surface area contributed by atoms with Crippen LogP contribution in [0.4, 0.5) is 11.4 Å². The summed E-state index contributed by atoms with van der Waals surface area (Å²) in [5, 5.41) is 0. The van der Waals surface area contributed by atoms with E-state index in [1.807, 2.05) is 18.2 Å². The molecular formula is C14H21N3. The number of hydrogen-bond donors (Lipinski definition) is 1. The van der Waals surface area contributed by atoms with Crippen LogP contribution in [0.15, 0.2) is 24.8 Å². The lowest BCUT2D eigenvalue weighted by atomic mass is 10.1. The summed E-state index contributed by atoms with van der Waals surface area (Å²) >= 11 is 0. The summed E-state index contributed by atoms with van der Waals surface area (Å²) < 4.78 is 0. The zero-order valence-corrected chi connectivity index (χ0v) is 10.5. The van der Waals surface area contributed by atoms with E-state index in [2.05, 4.69) is 29.4 Å². The fraction of sp³-hybridized carbons (Fsp3) is 0.429. The van der Waals surface area contributed by atoms with Crippen molar-refractivity contribution in [2.45, 2.75) is 6.92 Å². The van der Waals surface area contributed by atoms with Crippen molar-refractivity contribution < 1.29 is 0 Å². The van der Waals surface area contributed by atoms with Crippen molar-refractivity contribution in [2.24, 2.45) is 0 Å². The van der Waals surface area contributed by atoms with Crippen molar-refractivity contribution in [2.75, 3.05) is 43.4 Å². The molecule has 1 aromatic rings. The number of piperazine rings is 1. The third kappa shape index (κ3) is 2.61. The summed E-state index contributed by atoms with van der Waals surface area (Å²) in [4.78, 5) is 4.89. The maximum Gasteiger partial charge on any atom is 0.0442 e. The SMILES string of the molecule is C=Cc1cc(N)ccc1N1CCN(CC)CC1. The number of hydrogen-bond acceptors (Lipinski definition) is 3. The van der Waals surface area contributed by atoms with Gasteiger partial charge in [-0.3, -0.25) is 0 Å². The number of rotatable bonds is 3. The zero-order chi connectivity index (χ0) is 12.3. The van der Waals surface area contributed by atoms with Gasteiger partial charge < -0.3 is 15.5 Å². The van der Waals surface area contributed by atoms with Crippen LogP contribution in [0.5, 0.6) is 0 Å². The summed E-state index contributed by atoms with van der Waals surface area (Å²) in [6, 6.07) is 6.07. The molecule has 1 aromatic carbocycles. The minimum Gasteiger partial charge on any atom is -0.399 e. The van der Waals surface area contributed by atoms with Crippen molar-refractivity contribution in [3.63, 3.8) is 0 Å². The minimum absolute atomic E-state index is 0.802. The van der Waals surface area contributed by atoms with Crippen LogP contribution in [-0.4, -0.2) is 37.6 Å². The van der Waals surface area contributed by atoms with Crippen LogP contribution in [0.2, 0.25) is 0 Å². The van der Waals surface area contributed by atoms with E-state index in [1.54, 1.807) is 0 Å². The number of benzene rings is 1. The predicted molar refractivity (Wildman–Crippen MR) is 75.3 cm³/mol. The Labute approximate surface area is 104 Å². The van der Waals surface area contributed by atoms with E-state index in [4.69, 9.17) is 5.73 Å². The quantitative estimate of drug-likeness (QED) is 0.808. The highest BCUT2D eigenvalue weighted by Crippen LogP contribution is 2.25. The number of nitrogens with zero attached hydrogens (tertiary/aromatic N) is 2. The maximum atomic E-state index is 5.80. The van der Waals surface area contributed by atoms with Crippen LogP contribution in [0.25, 0.3) is 6.08 Å². The molecule has 17 heavy (non-hydrogen) atoms. The Bertz CT molecular complexity index is 392. The van der Waals surface area contributed by atoms with E-state index in [9.17, 15) is 0 Å². The highest BCUT2D eigenvalue weighted by molar-refractivity contribution is 5.70. The van der Waals surface area contributed by atoms with Crippen LogP contribution in [0, 0.1) is 0 Å². The molecule has 0 aromatic heterocycles. The lowest BCUT2D eigenvalue weighted by Gasteiger charge is -2.36. The molecule has 0 atom stereocenters. The first-order chi connectivity index (χ1) is 8.24. The van der Waals surface area contributed by atoms with Crippen LogP contribution in [0.1, 0.15) is 12.5 Å². The minimum atomic E-state index is 0.802. The van der Waals surface area contributed by atoms with Crippen LogP contribution in [-0.2, 0) is 0 Å². The fourth-order valence-electron chi connectivity index (χ4n) is 2.33. The van der Waals surface area contributed by atoms with Gasteiger partial charge in [-0.2, -0.15) is 0 Å². The summed E-state index contributed by atoms with van der Waals surface area (Å²) in [5.41, 5.74) is 8.99. The summed E-state index contributed by atoms with van der Waals surface area (Å²) in [7, 11) is 0. The summed E-state index contributed by atoms with van der Waals surface area (Å²) in [5.74, 6) is 0. The molecule has 0 amide bonds. The topological polar surface area (TPSA) is 32.5 Å². The standard InChI is InChI=1S/C14H21N3/c1-3-12-11-13(15)5-6-14(12)17-9-7-16(4-2)8-10-17/h3,5-6,11H,1,4,7-10,15H2,2H3. The second-order valence-electron chi connectivity index (χ2n) is 4.44. The number of nitrogen functional groups attached to an aromatic ring is 1. The Balaban J connectivity index is 2.15. The summed E-state index contributed by atoms with van der Waals surface area (Å²) in [6.45, 7) is 11.7. The third-order valence-corrected chi connectivity index (χ3v) is 3.43. The molecule has 92 valence electrons. The molecule has 0 saturated carbocycles. The van der Waals surface area contributed by atoms with Gasteiger partial charge in [-0.25, -0.2) is 0 Å². The van der Waals surface area contributed by atoms with Gasteiger partial charge in [-0.1, -0.05) is 19.6 Å². The largest absolute Gasteiger partial charge is 0.399 e. The van der Waals surface area contributed by atoms with Gasteiger partial charge >= 0.3 is 0 Å². The van der Waals surface area contributed by atoms with Crippen molar-refractivity contribution in [1.29, 1.82) is 0 Å². The van der Waals surface area contributed by atoms with Gasteiger partial charge in [-0.15, -0.1) is 0 Å². The highest BCUT2D eigenvalue weighted by Gasteiger charge is 2.17. The van der Waals surface area contributed by atoms with E-state index < -0.39 is 0 Å².